The van der Waals surface area contributed by atoms with E-state index in [0.29, 0.717) is 6.04 Å². The van der Waals surface area contributed by atoms with Crippen LogP contribution in [0.5, 0.6) is 0 Å². The van der Waals surface area contributed by atoms with Crippen molar-refractivity contribution in [3.8, 4) is 0 Å². The molecule has 0 saturated carbocycles. The van der Waals surface area contributed by atoms with E-state index in [1.54, 1.807) is 0 Å². The zero-order valence-electron chi connectivity index (χ0n) is 12.5. The first kappa shape index (κ1) is 15.6. The van der Waals surface area contributed by atoms with Gasteiger partial charge in [0.15, 0.2) is 0 Å². The molecule has 0 spiro atoms. The number of likely N-dealkylation sites (tertiary alicyclic amines) is 1. The molecule has 0 aliphatic carbocycles. The van der Waals surface area contributed by atoms with Gasteiger partial charge in [0.05, 0.1) is 16.4 Å². The molecule has 1 aromatic heterocycles. The first-order chi connectivity index (χ1) is 10.1. The lowest BCUT2D eigenvalue weighted by atomic mass is 10.2. The number of benzene rings is 1. The summed E-state index contributed by atoms with van der Waals surface area (Å²) < 4.78 is 3.55. The number of rotatable bonds is 4. The van der Waals surface area contributed by atoms with Gasteiger partial charge in [-0.2, -0.15) is 0 Å². The minimum absolute atomic E-state index is 0.0634. The minimum atomic E-state index is -0.0634. The summed E-state index contributed by atoms with van der Waals surface area (Å²) in [5.41, 5.74) is 2.27. The molecular weight excluding hydrogens is 397 g/mol. The number of fused-ring (bicyclic) bond motifs is 1. The molecule has 3 nitrogen and oxygen atoms in total. The number of nitrogens with zero attached hydrogens (tertiary/aromatic N) is 3. The number of imidazole rings is 1. The summed E-state index contributed by atoms with van der Waals surface area (Å²) >= 11 is 8.71. The van der Waals surface area contributed by atoms with E-state index in [1.165, 1.54) is 28.5 Å². The van der Waals surface area contributed by atoms with Crippen molar-refractivity contribution in [1.29, 1.82) is 0 Å². The van der Waals surface area contributed by atoms with E-state index in [-0.39, 0.29) is 5.38 Å². The zero-order chi connectivity index (χ0) is 15.0. The lowest BCUT2D eigenvalue weighted by molar-refractivity contribution is 0.244. The second kappa shape index (κ2) is 6.42. The number of aromatic nitrogens is 2. The van der Waals surface area contributed by atoms with Gasteiger partial charge in [-0.3, -0.25) is 4.90 Å². The van der Waals surface area contributed by atoms with Crippen molar-refractivity contribution in [2.75, 3.05) is 13.1 Å². The van der Waals surface area contributed by atoms with E-state index in [1.807, 2.05) is 6.92 Å². The molecule has 5 heteroatoms. The summed E-state index contributed by atoms with van der Waals surface area (Å²) in [6, 6.07) is 7.08. The molecule has 1 saturated heterocycles. The van der Waals surface area contributed by atoms with Crippen LogP contribution < -0.4 is 0 Å². The van der Waals surface area contributed by atoms with Crippen LogP contribution in [0.15, 0.2) is 18.2 Å². The summed E-state index contributed by atoms with van der Waals surface area (Å²) in [4.78, 5) is 7.34. The molecule has 114 valence electrons. The summed E-state index contributed by atoms with van der Waals surface area (Å²) in [5.74, 6) is 0.997. The molecule has 2 aromatic rings. The summed E-state index contributed by atoms with van der Waals surface area (Å²) in [7, 11) is 0. The van der Waals surface area contributed by atoms with Gasteiger partial charge in [0.25, 0.3) is 0 Å². The Hall–Kier alpha value is -0.330. The third-order valence-corrected chi connectivity index (χ3v) is 5.26. The monoisotopic (exact) mass is 417 g/mol. The Bertz CT molecular complexity index is 638. The minimum Gasteiger partial charge on any atom is -0.325 e. The molecule has 0 N–H and O–H groups in total. The van der Waals surface area contributed by atoms with Gasteiger partial charge in [0.1, 0.15) is 5.82 Å². The second-order valence-electron chi connectivity index (χ2n) is 5.75. The third kappa shape index (κ3) is 3.08. The van der Waals surface area contributed by atoms with Crippen LogP contribution in [0.2, 0.25) is 0 Å². The number of likely N-dealkylation sites (N-methyl/N-ethyl adjacent to an activating group) is 1. The van der Waals surface area contributed by atoms with Crippen molar-refractivity contribution in [1.82, 2.24) is 14.5 Å². The quantitative estimate of drug-likeness (QED) is 0.542. The SMILES string of the molecule is CCN1CCCC1Cn1c(C(C)Cl)nc2cc(I)ccc21. The van der Waals surface area contributed by atoms with E-state index in [9.17, 15) is 0 Å². The van der Waals surface area contributed by atoms with Crippen LogP contribution in [-0.4, -0.2) is 33.6 Å². The molecule has 1 aromatic carbocycles. The lowest BCUT2D eigenvalue weighted by Crippen LogP contribution is -2.33. The first-order valence-corrected chi connectivity index (χ1v) is 9.15. The van der Waals surface area contributed by atoms with Crippen molar-refractivity contribution < 1.29 is 0 Å². The van der Waals surface area contributed by atoms with Gasteiger partial charge in [-0.05, 0) is 73.6 Å². The van der Waals surface area contributed by atoms with E-state index in [0.717, 1.165) is 24.4 Å². The van der Waals surface area contributed by atoms with Gasteiger partial charge in [-0.15, -0.1) is 11.6 Å². The molecule has 1 aliphatic heterocycles. The zero-order valence-corrected chi connectivity index (χ0v) is 15.4. The second-order valence-corrected chi connectivity index (χ2v) is 7.65. The van der Waals surface area contributed by atoms with Crippen LogP contribution in [0, 0.1) is 3.57 Å². The van der Waals surface area contributed by atoms with Crippen LogP contribution in [-0.2, 0) is 6.54 Å². The average Bonchev–Trinajstić information content (AvgIpc) is 3.03. The van der Waals surface area contributed by atoms with Crippen LogP contribution >= 0.6 is 34.2 Å². The number of halogens is 2. The average molecular weight is 418 g/mol. The molecule has 0 radical (unpaired) electrons. The van der Waals surface area contributed by atoms with E-state index in [2.05, 4.69) is 57.2 Å². The van der Waals surface area contributed by atoms with Crippen molar-refractivity contribution in [2.45, 2.75) is 44.7 Å². The molecule has 2 atom stereocenters. The summed E-state index contributed by atoms with van der Waals surface area (Å²) in [6.07, 6.45) is 2.57. The highest BCUT2D eigenvalue weighted by Gasteiger charge is 2.25. The Kier molecular flexibility index (Phi) is 4.76. The molecule has 2 unspecified atom stereocenters. The topological polar surface area (TPSA) is 21.1 Å². The fourth-order valence-corrected chi connectivity index (χ4v) is 3.99. The number of hydrogen-bond donors (Lipinski definition) is 0. The van der Waals surface area contributed by atoms with Crippen molar-refractivity contribution in [3.05, 3.63) is 27.6 Å². The van der Waals surface area contributed by atoms with E-state index < -0.39 is 0 Å². The van der Waals surface area contributed by atoms with Crippen LogP contribution in [0.1, 0.15) is 37.9 Å². The highest BCUT2D eigenvalue weighted by molar-refractivity contribution is 14.1. The van der Waals surface area contributed by atoms with Gasteiger partial charge in [0.2, 0.25) is 0 Å². The lowest BCUT2D eigenvalue weighted by Gasteiger charge is -2.24. The standard InChI is InChI=1S/C16H21ClIN3/c1-3-20-8-4-5-13(20)10-21-15-7-6-12(18)9-14(15)19-16(21)11(2)17/h6-7,9,11,13H,3-5,8,10H2,1-2H3. The molecule has 2 heterocycles. The fourth-order valence-electron chi connectivity index (χ4n) is 3.35. The maximum Gasteiger partial charge on any atom is 0.127 e. The van der Waals surface area contributed by atoms with E-state index >= 15 is 0 Å². The summed E-state index contributed by atoms with van der Waals surface area (Å²) in [5, 5.41) is -0.0634. The summed E-state index contributed by atoms with van der Waals surface area (Å²) in [6.45, 7) is 7.60. The number of hydrogen-bond acceptors (Lipinski definition) is 2. The highest BCUT2D eigenvalue weighted by atomic mass is 127. The van der Waals surface area contributed by atoms with Crippen LogP contribution in [0.25, 0.3) is 11.0 Å². The van der Waals surface area contributed by atoms with Crippen molar-refractivity contribution >= 4 is 45.2 Å². The molecule has 0 amide bonds. The first-order valence-electron chi connectivity index (χ1n) is 7.64. The van der Waals surface area contributed by atoms with Gasteiger partial charge in [-0.1, -0.05) is 6.92 Å². The molecule has 1 fully saturated rings. The smallest absolute Gasteiger partial charge is 0.127 e. The Labute approximate surface area is 144 Å². The largest absolute Gasteiger partial charge is 0.325 e. The van der Waals surface area contributed by atoms with E-state index in [4.69, 9.17) is 16.6 Å². The maximum atomic E-state index is 6.38. The Balaban J connectivity index is 2.01. The van der Waals surface area contributed by atoms with Gasteiger partial charge >= 0.3 is 0 Å². The maximum absolute atomic E-state index is 6.38. The predicted octanol–water partition coefficient (Wildman–Crippen LogP) is 4.43. The number of alkyl halides is 1. The third-order valence-electron chi connectivity index (χ3n) is 4.39. The molecule has 1 aliphatic rings. The van der Waals surface area contributed by atoms with Gasteiger partial charge < -0.3 is 4.57 Å². The predicted molar refractivity (Wildman–Crippen MR) is 97.0 cm³/mol. The highest BCUT2D eigenvalue weighted by Crippen LogP contribution is 2.28. The fraction of sp³-hybridized carbons (Fsp3) is 0.562. The Morgan fingerprint density at radius 3 is 3.00 bits per heavy atom. The van der Waals surface area contributed by atoms with Gasteiger partial charge in [0, 0.05) is 16.2 Å². The van der Waals surface area contributed by atoms with Crippen molar-refractivity contribution in [2.24, 2.45) is 0 Å². The molecule has 21 heavy (non-hydrogen) atoms. The normalized spacial score (nSPS) is 21.2. The Morgan fingerprint density at radius 2 is 2.29 bits per heavy atom. The Morgan fingerprint density at radius 1 is 1.48 bits per heavy atom. The molecule has 0 bridgehead atoms. The van der Waals surface area contributed by atoms with Crippen LogP contribution in [0.4, 0.5) is 0 Å². The van der Waals surface area contributed by atoms with Crippen LogP contribution in [0.3, 0.4) is 0 Å². The van der Waals surface area contributed by atoms with Gasteiger partial charge in [-0.25, -0.2) is 4.98 Å². The molecular formula is C16H21ClIN3. The molecule has 3 rings (SSSR count). The van der Waals surface area contributed by atoms with Crippen molar-refractivity contribution in [3.63, 3.8) is 0 Å².